The van der Waals surface area contributed by atoms with Crippen molar-refractivity contribution in [3.8, 4) is 11.1 Å². The summed E-state index contributed by atoms with van der Waals surface area (Å²) < 4.78 is 4.93. The lowest BCUT2D eigenvalue weighted by Crippen LogP contribution is -2.73. The van der Waals surface area contributed by atoms with Crippen molar-refractivity contribution in [2.24, 2.45) is 0 Å². The van der Waals surface area contributed by atoms with E-state index in [0.717, 1.165) is 16.7 Å². The normalized spacial score (nSPS) is 23.9. The third kappa shape index (κ3) is 3.19. The highest BCUT2D eigenvalue weighted by Gasteiger charge is 2.54. The van der Waals surface area contributed by atoms with Gasteiger partial charge in [0.05, 0.1) is 25.2 Å². The fraction of sp³-hybridized carbons (Fsp3) is 0.364. The molecular weight excluding hydrogens is 356 g/mol. The maximum Gasteiger partial charge on any atom is 0.249 e. The van der Waals surface area contributed by atoms with Gasteiger partial charge in [0.2, 0.25) is 11.8 Å². The van der Waals surface area contributed by atoms with Crippen molar-refractivity contribution in [1.29, 1.82) is 0 Å². The molecule has 2 aliphatic heterocycles. The van der Waals surface area contributed by atoms with Crippen molar-refractivity contribution >= 4 is 11.8 Å². The van der Waals surface area contributed by atoms with Crippen molar-refractivity contribution in [1.82, 2.24) is 9.80 Å². The van der Waals surface area contributed by atoms with E-state index in [2.05, 4.69) is 36.4 Å². The number of nitrogens with zero attached hydrogens (tertiary/aromatic N) is 2. The van der Waals surface area contributed by atoms with Crippen LogP contribution in [0, 0.1) is 0 Å². The molecule has 0 aliphatic carbocycles. The first-order valence-corrected chi connectivity index (χ1v) is 9.48. The molecule has 0 radical (unpaired) electrons. The molecule has 2 amide bonds. The number of aliphatic hydroxyl groups excluding tert-OH is 1. The zero-order chi connectivity index (χ0) is 19.7. The number of methoxy groups -OCH3 is 1. The standard InChI is InChI=1S/C22H24N2O4/c1-28-14-21(27)23-11-18-22(19(13-25)24(18)20(26)12-23)17-9-7-16(8-10-17)15-5-3-2-4-6-15/h2-10,18-19,22,25H,11-14H2,1H3/t18-,19-,22+/m1/s1. The highest BCUT2D eigenvalue weighted by molar-refractivity contribution is 5.88. The third-order valence-corrected chi connectivity index (χ3v) is 5.78. The van der Waals surface area contributed by atoms with Crippen LogP contribution in [0.4, 0.5) is 0 Å². The Hall–Kier alpha value is -2.70. The number of aliphatic hydroxyl groups is 1. The summed E-state index contributed by atoms with van der Waals surface area (Å²) in [4.78, 5) is 28.0. The van der Waals surface area contributed by atoms with E-state index < -0.39 is 0 Å². The Bertz CT molecular complexity index is 853. The molecule has 3 atom stereocenters. The summed E-state index contributed by atoms with van der Waals surface area (Å²) >= 11 is 0. The number of benzene rings is 2. The number of rotatable bonds is 5. The SMILES string of the molecule is COCC(=O)N1CC(=O)N2[C@H](CO)[C@@H](c3ccc(-c4ccccc4)cc3)[C@H]2C1. The summed E-state index contributed by atoms with van der Waals surface area (Å²) in [5.74, 6) is -0.282. The Morgan fingerprint density at radius 1 is 1.11 bits per heavy atom. The Kier molecular flexibility index (Phi) is 5.15. The fourth-order valence-corrected chi connectivity index (χ4v) is 4.43. The maximum atomic E-state index is 12.5. The summed E-state index contributed by atoms with van der Waals surface area (Å²) in [5.41, 5.74) is 3.35. The third-order valence-electron chi connectivity index (χ3n) is 5.78. The molecule has 2 fully saturated rings. The Morgan fingerprint density at radius 2 is 1.79 bits per heavy atom. The monoisotopic (exact) mass is 380 g/mol. The molecular formula is C22H24N2O4. The number of carbonyl (C=O) groups excluding carboxylic acids is 2. The second-order valence-corrected chi connectivity index (χ2v) is 7.34. The molecule has 4 rings (SSSR count). The highest BCUT2D eigenvalue weighted by Crippen LogP contribution is 2.43. The van der Waals surface area contributed by atoms with Gasteiger partial charge in [0, 0.05) is 19.6 Å². The van der Waals surface area contributed by atoms with Crippen molar-refractivity contribution in [2.45, 2.75) is 18.0 Å². The van der Waals surface area contributed by atoms with Gasteiger partial charge in [-0.25, -0.2) is 0 Å². The van der Waals surface area contributed by atoms with Crippen LogP contribution in [0.2, 0.25) is 0 Å². The van der Waals surface area contributed by atoms with Crippen LogP contribution in [-0.4, -0.2) is 72.2 Å². The first kappa shape index (κ1) is 18.7. The minimum atomic E-state index is -0.236. The Balaban J connectivity index is 1.56. The number of carbonyl (C=O) groups is 2. The summed E-state index contributed by atoms with van der Waals surface area (Å²) in [5, 5.41) is 9.87. The zero-order valence-electron chi connectivity index (χ0n) is 15.8. The predicted molar refractivity (Wildman–Crippen MR) is 105 cm³/mol. The van der Waals surface area contributed by atoms with Gasteiger partial charge < -0.3 is 19.6 Å². The molecule has 0 unspecified atom stereocenters. The smallest absolute Gasteiger partial charge is 0.249 e. The molecule has 2 aromatic carbocycles. The maximum absolute atomic E-state index is 12.5. The molecule has 6 nitrogen and oxygen atoms in total. The van der Waals surface area contributed by atoms with Crippen LogP contribution in [0.15, 0.2) is 54.6 Å². The fourth-order valence-electron chi connectivity index (χ4n) is 4.43. The summed E-state index contributed by atoms with van der Waals surface area (Å²) in [7, 11) is 1.47. The number of hydrogen-bond donors (Lipinski definition) is 1. The van der Waals surface area contributed by atoms with Gasteiger partial charge in [-0.3, -0.25) is 9.59 Å². The Morgan fingerprint density at radius 3 is 2.43 bits per heavy atom. The minimum Gasteiger partial charge on any atom is -0.394 e. The lowest BCUT2D eigenvalue weighted by Gasteiger charge is -2.58. The van der Waals surface area contributed by atoms with E-state index in [1.54, 1.807) is 9.80 Å². The van der Waals surface area contributed by atoms with Crippen molar-refractivity contribution in [2.75, 3.05) is 33.4 Å². The van der Waals surface area contributed by atoms with E-state index >= 15 is 0 Å². The molecule has 6 heteroatoms. The molecule has 0 bridgehead atoms. The van der Waals surface area contributed by atoms with E-state index in [1.807, 2.05) is 18.2 Å². The van der Waals surface area contributed by atoms with Gasteiger partial charge in [0.15, 0.2) is 0 Å². The number of ether oxygens (including phenoxy) is 1. The van der Waals surface area contributed by atoms with Crippen LogP contribution in [0.5, 0.6) is 0 Å². The molecule has 146 valence electrons. The molecule has 28 heavy (non-hydrogen) atoms. The highest BCUT2D eigenvalue weighted by atomic mass is 16.5. The summed E-state index contributed by atoms with van der Waals surface area (Å²) in [6, 6.07) is 18.1. The average Bonchev–Trinajstić information content (AvgIpc) is 2.71. The van der Waals surface area contributed by atoms with Crippen LogP contribution in [-0.2, 0) is 14.3 Å². The number of hydrogen-bond acceptors (Lipinski definition) is 4. The van der Waals surface area contributed by atoms with Gasteiger partial charge in [-0.1, -0.05) is 54.6 Å². The van der Waals surface area contributed by atoms with Crippen molar-refractivity contribution < 1.29 is 19.4 Å². The molecule has 2 aliphatic rings. The van der Waals surface area contributed by atoms with Crippen LogP contribution in [0.25, 0.3) is 11.1 Å². The zero-order valence-corrected chi connectivity index (χ0v) is 15.8. The van der Waals surface area contributed by atoms with E-state index in [-0.39, 0.29) is 49.6 Å². The first-order chi connectivity index (χ1) is 13.6. The molecule has 2 saturated heterocycles. The van der Waals surface area contributed by atoms with Gasteiger partial charge in [0.1, 0.15) is 6.61 Å². The molecule has 2 heterocycles. The summed E-state index contributed by atoms with van der Waals surface area (Å²) in [6.45, 7) is 0.406. The molecule has 2 aromatic rings. The van der Waals surface area contributed by atoms with Crippen LogP contribution >= 0.6 is 0 Å². The quantitative estimate of drug-likeness (QED) is 0.854. The van der Waals surface area contributed by atoms with Gasteiger partial charge in [0.25, 0.3) is 0 Å². The van der Waals surface area contributed by atoms with Crippen LogP contribution < -0.4 is 0 Å². The van der Waals surface area contributed by atoms with E-state index in [1.165, 1.54) is 7.11 Å². The molecule has 0 aromatic heterocycles. The average molecular weight is 380 g/mol. The molecule has 0 saturated carbocycles. The number of fused-ring (bicyclic) bond motifs is 1. The predicted octanol–water partition coefficient (Wildman–Crippen LogP) is 1.50. The number of amides is 2. The Labute approximate surface area is 164 Å². The largest absolute Gasteiger partial charge is 0.394 e. The van der Waals surface area contributed by atoms with Crippen molar-refractivity contribution in [3.63, 3.8) is 0 Å². The van der Waals surface area contributed by atoms with Crippen LogP contribution in [0.3, 0.4) is 0 Å². The van der Waals surface area contributed by atoms with Crippen molar-refractivity contribution in [3.05, 3.63) is 60.2 Å². The van der Waals surface area contributed by atoms with E-state index in [0.29, 0.717) is 6.54 Å². The number of piperazine rings is 1. The minimum absolute atomic E-state index is 0.0110. The molecule has 0 spiro atoms. The second-order valence-electron chi connectivity index (χ2n) is 7.34. The van der Waals surface area contributed by atoms with Gasteiger partial charge in [-0.15, -0.1) is 0 Å². The van der Waals surface area contributed by atoms with Gasteiger partial charge in [-0.05, 0) is 16.7 Å². The molecule has 1 N–H and O–H groups in total. The first-order valence-electron chi connectivity index (χ1n) is 9.48. The van der Waals surface area contributed by atoms with E-state index in [4.69, 9.17) is 4.74 Å². The van der Waals surface area contributed by atoms with Gasteiger partial charge in [-0.2, -0.15) is 0 Å². The topological polar surface area (TPSA) is 70.1 Å². The lowest BCUT2D eigenvalue weighted by atomic mass is 9.73. The lowest BCUT2D eigenvalue weighted by molar-refractivity contribution is -0.168. The van der Waals surface area contributed by atoms with E-state index in [9.17, 15) is 14.7 Å². The summed E-state index contributed by atoms with van der Waals surface area (Å²) in [6.07, 6.45) is 0. The second kappa shape index (κ2) is 7.73. The van der Waals surface area contributed by atoms with Gasteiger partial charge >= 0.3 is 0 Å². The van der Waals surface area contributed by atoms with Crippen LogP contribution in [0.1, 0.15) is 11.5 Å².